The third-order valence-corrected chi connectivity index (χ3v) is 1.90. The molecule has 1 amide bonds. The van der Waals surface area contributed by atoms with Gasteiger partial charge in [0.05, 0.1) is 0 Å². The summed E-state index contributed by atoms with van der Waals surface area (Å²) >= 11 is 0. The average Bonchev–Trinajstić information content (AvgIpc) is 2.19. The minimum atomic E-state index is -4.63. The lowest BCUT2D eigenvalue weighted by atomic mass is 10.4. The first-order chi connectivity index (χ1) is 6.48. The van der Waals surface area contributed by atoms with Gasteiger partial charge in [0.2, 0.25) is 0 Å². The van der Waals surface area contributed by atoms with Gasteiger partial charge < -0.3 is 10.6 Å². The second-order valence-corrected chi connectivity index (χ2v) is 3.73. The zero-order valence-electron chi connectivity index (χ0n) is 7.49. The van der Waals surface area contributed by atoms with Crippen LogP contribution in [0.4, 0.5) is 4.79 Å². The van der Waals surface area contributed by atoms with Crippen molar-refractivity contribution in [1.82, 2.24) is 16.1 Å². The van der Waals surface area contributed by atoms with E-state index in [-0.39, 0.29) is 0 Å². The van der Waals surface area contributed by atoms with E-state index in [0.717, 1.165) is 26.2 Å². The van der Waals surface area contributed by atoms with Crippen molar-refractivity contribution in [2.75, 3.05) is 26.2 Å². The van der Waals surface area contributed by atoms with Crippen LogP contribution in [-0.4, -0.2) is 44.4 Å². The maximum Gasteiger partial charge on any atom is 0.377 e. The largest absolute Gasteiger partial charge is 0.377 e. The molecule has 0 unspecified atom stereocenters. The smallest absolute Gasteiger partial charge is 0.314 e. The molecule has 84 valence electrons. The van der Waals surface area contributed by atoms with Crippen molar-refractivity contribution in [3.8, 4) is 0 Å². The molecule has 1 rings (SSSR count). The van der Waals surface area contributed by atoms with Crippen molar-refractivity contribution in [1.29, 1.82) is 0 Å². The minimum Gasteiger partial charge on any atom is -0.314 e. The number of piperazine rings is 1. The van der Waals surface area contributed by atoms with Gasteiger partial charge in [-0.25, -0.2) is 5.84 Å². The highest BCUT2D eigenvalue weighted by Crippen LogP contribution is 1.79. The summed E-state index contributed by atoms with van der Waals surface area (Å²) in [5.74, 6) is 4.32. The predicted octanol–water partition coefficient (Wildman–Crippen LogP) is -2.36. The summed E-state index contributed by atoms with van der Waals surface area (Å²) in [7, 11) is -4.63. The third kappa shape index (κ3) is 6.74. The van der Waals surface area contributed by atoms with Crippen LogP contribution in [0.25, 0.3) is 0 Å². The Balaban J connectivity index is 0.000000249. The van der Waals surface area contributed by atoms with E-state index >= 15 is 0 Å². The molecule has 0 saturated carbocycles. The van der Waals surface area contributed by atoms with Gasteiger partial charge in [0.25, 0.3) is 0 Å². The Morgan fingerprint density at radius 3 is 1.64 bits per heavy atom. The number of rotatable bonds is 0. The van der Waals surface area contributed by atoms with Crippen molar-refractivity contribution in [3.63, 3.8) is 0 Å². The van der Waals surface area contributed by atoms with Crippen molar-refractivity contribution in [3.05, 3.63) is 0 Å². The molecule has 0 radical (unpaired) electrons. The first-order valence-electron chi connectivity index (χ1n) is 3.88. The molecule has 0 atom stereocenters. The van der Waals surface area contributed by atoms with Crippen molar-refractivity contribution >= 4 is 15.4 Å². The molecule has 1 heterocycles. The first-order valence-corrected chi connectivity index (χ1v) is 5.32. The van der Waals surface area contributed by atoms with Gasteiger partial charge >= 0.3 is 15.4 Å². The lowest BCUT2D eigenvalue weighted by molar-refractivity contribution is 0.256. The van der Waals surface area contributed by atoms with Gasteiger partial charge in [0.15, 0.2) is 0 Å². The Kier molecular flexibility index (Phi) is 6.32. The van der Waals surface area contributed by atoms with E-state index in [4.69, 9.17) is 4.55 Å². The van der Waals surface area contributed by atoms with Crippen LogP contribution in [-0.2, 0) is 10.1 Å². The summed E-state index contributed by atoms with van der Waals surface area (Å²) < 4.78 is 27.0. The van der Waals surface area contributed by atoms with Gasteiger partial charge in [-0.3, -0.25) is 14.8 Å². The molecule has 0 aromatic heterocycles. The Labute approximate surface area is 81.9 Å². The van der Waals surface area contributed by atoms with Crippen LogP contribution in [0.2, 0.25) is 0 Å². The Morgan fingerprint density at radius 1 is 1.21 bits per heavy atom. The van der Waals surface area contributed by atoms with Crippen molar-refractivity contribution < 1.29 is 17.8 Å². The zero-order chi connectivity index (χ0) is 11.0. The quantitative estimate of drug-likeness (QED) is 0.135. The van der Waals surface area contributed by atoms with E-state index in [1.54, 1.807) is 0 Å². The molecule has 1 saturated heterocycles. The molecule has 14 heavy (non-hydrogen) atoms. The maximum atomic E-state index is 9.76. The van der Waals surface area contributed by atoms with Crippen LogP contribution in [0.5, 0.6) is 0 Å². The highest BCUT2D eigenvalue weighted by Gasteiger charge is 2.14. The molecular formula is C5H14N4O4S. The molecule has 8 nitrogen and oxygen atoms in total. The number of hydrogen-bond donors (Lipinski definition) is 5. The van der Waals surface area contributed by atoms with Crippen LogP contribution < -0.4 is 21.9 Å². The minimum absolute atomic E-state index is 1.14. The summed E-state index contributed by atoms with van der Waals surface area (Å²) in [6.07, 6.45) is 0. The normalized spacial score (nSPS) is 16.4. The van der Waals surface area contributed by atoms with Crippen molar-refractivity contribution in [2.24, 2.45) is 5.84 Å². The van der Waals surface area contributed by atoms with Gasteiger partial charge in [-0.2, -0.15) is 8.42 Å². The monoisotopic (exact) mass is 226 g/mol. The number of hydrogen-bond acceptors (Lipinski definition) is 6. The van der Waals surface area contributed by atoms with E-state index in [9.17, 15) is 13.2 Å². The summed E-state index contributed by atoms with van der Waals surface area (Å²) in [5.41, 5.74) is 1.23. The SMILES string of the molecule is C1CNCCN1.NNC(=O)S(=O)(=O)O. The van der Waals surface area contributed by atoms with Gasteiger partial charge in [-0.15, -0.1) is 0 Å². The highest BCUT2D eigenvalue weighted by atomic mass is 32.2. The number of amides is 1. The summed E-state index contributed by atoms with van der Waals surface area (Å²) in [6, 6.07) is 0. The first kappa shape index (κ1) is 13.3. The standard InChI is InChI=1S/C4H10N2.CH4N2O4S/c1-2-6-4-3-5-1;2-3-1(4)8(5,6)7/h5-6H,1-4H2;2H2,(H,3,4)(H,5,6,7). The van der Waals surface area contributed by atoms with Crippen LogP contribution in [0.1, 0.15) is 0 Å². The topological polar surface area (TPSA) is 134 Å². The van der Waals surface area contributed by atoms with Gasteiger partial charge in [-0.1, -0.05) is 0 Å². The van der Waals surface area contributed by atoms with Crippen LogP contribution in [0.3, 0.4) is 0 Å². The molecular weight excluding hydrogens is 212 g/mol. The van der Waals surface area contributed by atoms with E-state index in [1.807, 2.05) is 0 Å². The fourth-order valence-electron chi connectivity index (χ4n) is 0.678. The van der Waals surface area contributed by atoms with E-state index in [2.05, 4.69) is 16.5 Å². The third-order valence-electron chi connectivity index (χ3n) is 1.31. The molecule has 6 N–H and O–H groups in total. The average molecular weight is 226 g/mol. The molecule has 0 spiro atoms. The molecule has 1 fully saturated rings. The van der Waals surface area contributed by atoms with Crippen LogP contribution in [0.15, 0.2) is 0 Å². The number of nitrogens with two attached hydrogens (primary N) is 1. The molecule has 0 bridgehead atoms. The second-order valence-electron chi connectivity index (χ2n) is 2.41. The number of carbonyl (C=O) groups is 1. The van der Waals surface area contributed by atoms with E-state index in [0.29, 0.717) is 0 Å². The molecule has 0 aliphatic carbocycles. The Hall–Kier alpha value is -0.740. The Morgan fingerprint density at radius 2 is 1.57 bits per heavy atom. The van der Waals surface area contributed by atoms with Gasteiger partial charge in [-0.05, 0) is 0 Å². The van der Waals surface area contributed by atoms with Crippen molar-refractivity contribution in [2.45, 2.75) is 0 Å². The van der Waals surface area contributed by atoms with Crippen LogP contribution >= 0.6 is 0 Å². The van der Waals surface area contributed by atoms with Gasteiger partial charge in [0.1, 0.15) is 0 Å². The van der Waals surface area contributed by atoms with Crippen LogP contribution in [0, 0.1) is 0 Å². The summed E-state index contributed by atoms with van der Waals surface area (Å²) in [5, 5.41) is 4.83. The second kappa shape index (κ2) is 6.68. The maximum absolute atomic E-state index is 9.76. The fourth-order valence-corrected chi connectivity index (χ4v) is 0.827. The number of carbonyl (C=O) groups excluding carboxylic acids is 1. The fraction of sp³-hybridized carbons (Fsp3) is 0.800. The summed E-state index contributed by atoms with van der Waals surface area (Å²) in [4.78, 5) is 9.76. The van der Waals surface area contributed by atoms with E-state index in [1.165, 1.54) is 5.43 Å². The van der Waals surface area contributed by atoms with E-state index < -0.39 is 15.4 Å². The lowest BCUT2D eigenvalue weighted by Crippen LogP contribution is -2.39. The zero-order valence-corrected chi connectivity index (χ0v) is 8.30. The number of hydrazine groups is 1. The number of nitrogens with one attached hydrogen (secondary N) is 3. The molecule has 1 aliphatic heterocycles. The molecule has 1 aliphatic rings. The molecule has 0 aromatic carbocycles. The van der Waals surface area contributed by atoms with Gasteiger partial charge in [0, 0.05) is 26.2 Å². The predicted molar refractivity (Wildman–Crippen MR) is 50.0 cm³/mol. The molecule has 9 heteroatoms. The molecule has 0 aromatic rings. The Bertz CT molecular complexity index is 249. The lowest BCUT2D eigenvalue weighted by Gasteiger charge is -2.11. The summed E-state index contributed by atoms with van der Waals surface area (Å²) in [6.45, 7) is 4.56. The highest BCUT2D eigenvalue weighted by molar-refractivity contribution is 8.01.